The van der Waals surface area contributed by atoms with E-state index in [2.05, 4.69) is 0 Å². The molecule has 0 spiro atoms. The lowest BCUT2D eigenvalue weighted by molar-refractivity contribution is -0.134. The van der Waals surface area contributed by atoms with Gasteiger partial charge >= 0.3 is 5.97 Å². The van der Waals surface area contributed by atoms with Crippen molar-refractivity contribution >= 4 is 17.6 Å². The number of hydrogen-bond acceptors (Lipinski definition) is 2. The molecule has 0 N–H and O–H groups in total. The standard InChI is InChI=1S/C10H10ClFO2/c11-7-1-2-10(13)14-9-5-3-8(12)4-6-9/h3-6H,1-2,7H2. The van der Waals surface area contributed by atoms with Crippen LogP contribution in [-0.4, -0.2) is 11.8 Å². The van der Waals surface area contributed by atoms with E-state index in [1.54, 1.807) is 0 Å². The molecule has 0 aliphatic heterocycles. The van der Waals surface area contributed by atoms with Crippen molar-refractivity contribution in [1.82, 2.24) is 0 Å². The van der Waals surface area contributed by atoms with Crippen molar-refractivity contribution in [3.05, 3.63) is 30.1 Å². The predicted octanol–water partition coefficient (Wildman–Crippen LogP) is 2.75. The van der Waals surface area contributed by atoms with Crippen LogP contribution < -0.4 is 4.74 Å². The van der Waals surface area contributed by atoms with E-state index in [0.717, 1.165) is 0 Å². The molecule has 0 aliphatic rings. The number of benzene rings is 1. The molecule has 0 saturated heterocycles. The number of carbonyl (C=O) groups is 1. The van der Waals surface area contributed by atoms with Crippen LogP contribution in [0.2, 0.25) is 0 Å². The molecule has 0 aliphatic carbocycles. The summed E-state index contributed by atoms with van der Waals surface area (Å²) in [7, 11) is 0. The van der Waals surface area contributed by atoms with Crippen LogP contribution in [0.1, 0.15) is 12.8 Å². The van der Waals surface area contributed by atoms with Gasteiger partial charge in [0.25, 0.3) is 0 Å². The van der Waals surface area contributed by atoms with E-state index in [-0.39, 0.29) is 18.2 Å². The van der Waals surface area contributed by atoms with Crippen LogP contribution in [0.3, 0.4) is 0 Å². The van der Waals surface area contributed by atoms with Gasteiger partial charge in [0, 0.05) is 12.3 Å². The first-order valence-electron chi connectivity index (χ1n) is 4.24. The maximum atomic E-state index is 12.5. The van der Waals surface area contributed by atoms with Gasteiger partial charge in [-0.1, -0.05) is 0 Å². The minimum atomic E-state index is -0.356. The second kappa shape index (κ2) is 5.60. The Labute approximate surface area is 86.6 Å². The van der Waals surface area contributed by atoms with Crippen molar-refractivity contribution in [2.45, 2.75) is 12.8 Å². The Bertz CT molecular complexity index is 297. The molecule has 4 heteroatoms. The molecule has 0 radical (unpaired) electrons. The molecule has 0 aromatic heterocycles. The molecule has 0 bridgehead atoms. The number of alkyl halides is 1. The van der Waals surface area contributed by atoms with Crippen LogP contribution in [-0.2, 0) is 4.79 Å². The molecule has 1 aromatic carbocycles. The minimum absolute atomic E-state index is 0.279. The highest BCUT2D eigenvalue weighted by molar-refractivity contribution is 6.17. The summed E-state index contributed by atoms with van der Waals surface area (Å²) in [6.45, 7) is 0. The highest BCUT2D eigenvalue weighted by Crippen LogP contribution is 2.12. The number of rotatable bonds is 4. The van der Waals surface area contributed by atoms with E-state index in [1.807, 2.05) is 0 Å². The summed E-state index contributed by atoms with van der Waals surface area (Å²) < 4.78 is 17.4. The fraction of sp³-hybridized carbons (Fsp3) is 0.300. The van der Waals surface area contributed by atoms with E-state index in [4.69, 9.17) is 16.3 Å². The van der Waals surface area contributed by atoms with Crippen LogP contribution >= 0.6 is 11.6 Å². The van der Waals surface area contributed by atoms with Crippen molar-refractivity contribution in [2.75, 3.05) is 5.88 Å². The van der Waals surface area contributed by atoms with E-state index >= 15 is 0 Å². The van der Waals surface area contributed by atoms with Crippen LogP contribution in [0, 0.1) is 5.82 Å². The summed E-state index contributed by atoms with van der Waals surface area (Å²) in [5, 5.41) is 0. The van der Waals surface area contributed by atoms with E-state index in [9.17, 15) is 9.18 Å². The Kier molecular flexibility index (Phi) is 4.40. The largest absolute Gasteiger partial charge is 0.427 e. The Hall–Kier alpha value is -1.09. The predicted molar refractivity (Wildman–Crippen MR) is 52.0 cm³/mol. The average molecular weight is 217 g/mol. The van der Waals surface area contributed by atoms with Gasteiger partial charge in [0.15, 0.2) is 0 Å². The fourth-order valence-electron chi connectivity index (χ4n) is 0.896. The van der Waals surface area contributed by atoms with Crippen LogP contribution in [0.15, 0.2) is 24.3 Å². The second-order valence-corrected chi connectivity index (χ2v) is 3.10. The molecular formula is C10H10ClFO2. The zero-order valence-corrected chi connectivity index (χ0v) is 8.26. The van der Waals surface area contributed by atoms with Crippen molar-refractivity contribution in [2.24, 2.45) is 0 Å². The van der Waals surface area contributed by atoms with E-state index in [1.165, 1.54) is 24.3 Å². The smallest absolute Gasteiger partial charge is 0.311 e. The van der Waals surface area contributed by atoms with Crippen LogP contribution in [0.5, 0.6) is 5.75 Å². The molecule has 0 unspecified atom stereocenters. The summed E-state index contributed by atoms with van der Waals surface area (Å²) in [6.07, 6.45) is 0.864. The third kappa shape index (κ3) is 3.75. The molecule has 0 heterocycles. The molecule has 0 amide bonds. The van der Waals surface area contributed by atoms with Gasteiger partial charge in [-0.05, 0) is 30.7 Å². The molecule has 1 rings (SSSR count). The third-order valence-corrected chi connectivity index (χ3v) is 1.83. The highest BCUT2D eigenvalue weighted by Gasteiger charge is 2.03. The van der Waals surface area contributed by atoms with Gasteiger partial charge in [-0.2, -0.15) is 0 Å². The highest BCUT2D eigenvalue weighted by atomic mass is 35.5. The van der Waals surface area contributed by atoms with Gasteiger partial charge in [-0.15, -0.1) is 11.6 Å². The Morgan fingerprint density at radius 1 is 1.36 bits per heavy atom. The fourth-order valence-corrected chi connectivity index (χ4v) is 1.03. The van der Waals surface area contributed by atoms with Gasteiger partial charge < -0.3 is 4.74 Å². The van der Waals surface area contributed by atoms with Gasteiger partial charge in [0.1, 0.15) is 11.6 Å². The Balaban J connectivity index is 2.44. The maximum Gasteiger partial charge on any atom is 0.311 e. The summed E-state index contributed by atoms with van der Waals surface area (Å²) in [5.41, 5.74) is 0. The topological polar surface area (TPSA) is 26.3 Å². The summed E-state index contributed by atoms with van der Waals surface area (Å²) in [4.78, 5) is 11.1. The SMILES string of the molecule is O=C(CCCCl)Oc1ccc(F)cc1. The Morgan fingerprint density at radius 3 is 2.57 bits per heavy atom. The first-order chi connectivity index (χ1) is 6.72. The maximum absolute atomic E-state index is 12.5. The molecule has 2 nitrogen and oxygen atoms in total. The van der Waals surface area contributed by atoms with E-state index in [0.29, 0.717) is 18.1 Å². The molecular weight excluding hydrogens is 207 g/mol. The lowest BCUT2D eigenvalue weighted by Crippen LogP contribution is -2.07. The number of ether oxygens (including phenoxy) is 1. The lowest BCUT2D eigenvalue weighted by atomic mass is 10.3. The van der Waals surface area contributed by atoms with Crippen LogP contribution in [0.4, 0.5) is 4.39 Å². The van der Waals surface area contributed by atoms with Crippen molar-refractivity contribution in [1.29, 1.82) is 0 Å². The van der Waals surface area contributed by atoms with Crippen LogP contribution in [0.25, 0.3) is 0 Å². The number of hydrogen-bond donors (Lipinski definition) is 0. The van der Waals surface area contributed by atoms with Crippen molar-refractivity contribution < 1.29 is 13.9 Å². The first kappa shape index (κ1) is 11.0. The van der Waals surface area contributed by atoms with Crippen molar-refractivity contribution in [3.8, 4) is 5.75 Å². The molecule has 1 aromatic rings. The average Bonchev–Trinajstić information content (AvgIpc) is 2.18. The Morgan fingerprint density at radius 2 is 2.00 bits per heavy atom. The number of carbonyl (C=O) groups excluding carboxylic acids is 1. The molecule has 0 fully saturated rings. The second-order valence-electron chi connectivity index (χ2n) is 2.72. The summed E-state index contributed by atoms with van der Waals surface area (Å²) in [6, 6.07) is 5.30. The molecule has 76 valence electrons. The number of esters is 1. The van der Waals surface area contributed by atoms with Crippen molar-refractivity contribution in [3.63, 3.8) is 0 Å². The van der Waals surface area contributed by atoms with Gasteiger partial charge in [0.05, 0.1) is 0 Å². The minimum Gasteiger partial charge on any atom is -0.427 e. The van der Waals surface area contributed by atoms with Gasteiger partial charge in [-0.25, -0.2) is 4.39 Å². The molecule has 14 heavy (non-hydrogen) atoms. The monoisotopic (exact) mass is 216 g/mol. The van der Waals surface area contributed by atoms with Gasteiger partial charge in [-0.3, -0.25) is 4.79 Å². The number of halogens is 2. The summed E-state index contributed by atoms with van der Waals surface area (Å²) >= 11 is 5.41. The molecule has 0 saturated carbocycles. The third-order valence-electron chi connectivity index (χ3n) is 1.56. The van der Waals surface area contributed by atoms with Gasteiger partial charge in [0.2, 0.25) is 0 Å². The first-order valence-corrected chi connectivity index (χ1v) is 4.78. The lowest BCUT2D eigenvalue weighted by Gasteiger charge is -2.02. The normalized spacial score (nSPS) is 9.86. The molecule has 0 atom stereocenters. The summed E-state index contributed by atoms with van der Waals surface area (Å²) in [5.74, 6) is 0.0761. The quantitative estimate of drug-likeness (QED) is 0.440. The van der Waals surface area contributed by atoms with E-state index < -0.39 is 0 Å². The zero-order chi connectivity index (χ0) is 10.4. The zero-order valence-electron chi connectivity index (χ0n) is 7.50.